The summed E-state index contributed by atoms with van der Waals surface area (Å²) in [6.45, 7) is 2.09. The van der Waals surface area contributed by atoms with Crippen LogP contribution in [0.15, 0.2) is 46.5 Å². The molecule has 1 aliphatic heterocycles. The van der Waals surface area contributed by atoms with Crippen molar-refractivity contribution < 1.29 is 18.7 Å². The molecule has 1 amide bonds. The molecule has 3 aromatic rings. The van der Waals surface area contributed by atoms with Crippen LogP contribution < -0.4 is 4.90 Å². The summed E-state index contributed by atoms with van der Waals surface area (Å²) in [7, 11) is 0. The fourth-order valence-electron chi connectivity index (χ4n) is 3.21. The van der Waals surface area contributed by atoms with Crippen molar-refractivity contribution in [3.8, 4) is 10.6 Å². The second-order valence-corrected chi connectivity index (χ2v) is 8.48. The first-order valence-electron chi connectivity index (χ1n) is 9.49. The molecule has 0 saturated carbocycles. The molecular formula is C21H20FN3O3S2. The molecule has 2 aromatic heterocycles. The average Bonchev–Trinajstić information content (AvgIpc) is 3.45. The monoisotopic (exact) mass is 445 g/mol. The zero-order valence-electron chi connectivity index (χ0n) is 16.1. The lowest BCUT2D eigenvalue weighted by Gasteiger charge is -2.36. The lowest BCUT2D eigenvalue weighted by atomic mass is 10.2. The van der Waals surface area contributed by atoms with Gasteiger partial charge >= 0.3 is 5.97 Å². The number of hydrogen-bond acceptors (Lipinski definition) is 7. The van der Waals surface area contributed by atoms with Crippen molar-refractivity contribution >= 4 is 40.2 Å². The van der Waals surface area contributed by atoms with Crippen LogP contribution in [0.2, 0.25) is 0 Å². The quantitative estimate of drug-likeness (QED) is 0.544. The van der Waals surface area contributed by atoms with Crippen molar-refractivity contribution in [3.05, 3.63) is 58.0 Å². The molecule has 156 valence electrons. The molecule has 0 radical (unpaired) electrons. The zero-order valence-corrected chi connectivity index (χ0v) is 17.8. The zero-order chi connectivity index (χ0) is 20.9. The van der Waals surface area contributed by atoms with E-state index in [-0.39, 0.29) is 24.8 Å². The number of carbonyl (C=O) groups excluding carboxylic acids is 2. The Balaban J connectivity index is 1.21. The Morgan fingerprint density at radius 2 is 1.83 bits per heavy atom. The first-order chi connectivity index (χ1) is 14.6. The predicted molar refractivity (Wildman–Crippen MR) is 115 cm³/mol. The number of anilines is 1. The molecule has 6 nitrogen and oxygen atoms in total. The molecule has 0 spiro atoms. The summed E-state index contributed by atoms with van der Waals surface area (Å²) in [6.07, 6.45) is 0.0479. The van der Waals surface area contributed by atoms with E-state index in [9.17, 15) is 14.0 Å². The van der Waals surface area contributed by atoms with E-state index >= 15 is 0 Å². The Morgan fingerprint density at radius 1 is 1.07 bits per heavy atom. The lowest BCUT2D eigenvalue weighted by molar-refractivity contribution is -0.151. The summed E-state index contributed by atoms with van der Waals surface area (Å²) in [5, 5.41) is 6.70. The SMILES string of the molecule is O=C(Cc1csc(-c2ccsc2)n1)OCC(=O)N1CCN(c2ccc(F)cc2)CC1. The smallest absolute Gasteiger partial charge is 0.312 e. The standard InChI is InChI=1S/C21H20FN3O3S2/c22-16-1-3-18(4-2-16)24-6-8-25(9-7-24)19(26)12-28-20(27)11-17-14-30-21(23-17)15-5-10-29-13-15/h1-5,10,13-14H,6-9,11-12H2. The van der Waals surface area contributed by atoms with Gasteiger partial charge in [-0.3, -0.25) is 9.59 Å². The van der Waals surface area contributed by atoms with Gasteiger partial charge in [-0.2, -0.15) is 11.3 Å². The largest absolute Gasteiger partial charge is 0.455 e. The van der Waals surface area contributed by atoms with Crippen molar-refractivity contribution in [3.63, 3.8) is 0 Å². The van der Waals surface area contributed by atoms with E-state index in [4.69, 9.17) is 4.74 Å². The molecule has 0 atom stereocenters. The molecule has 1 aromatic carbocycles. The van der Waals surface area contributed by atoms with Gasteiger partial charge in [-0.05, 0) is 35.7 Å². The Bertz CT molecular complexity index is 997. The minimum Gasteiger partial charge on any atom is -0.455 e. The number of esters is 1. The molecule has 4 rings (SSSR count). The van der Waals surface area contributed by atoms with Crippen molar-refractivity contribution in [2.45, 2.75) is 6.42 Å². The molecule has 30 heavy (non-hydrogen) atoms. The Labute approximate surface area is 181 Å². The van der Waals surface area contributed by atoms with E-state index in [2.05, 4.69) is 9.88 Å². The van der Waals surface area contributed by atoms with Crippen molar-refractivity contribution in [2.24, 2.45) is 0 Å². The molecule has 9 heteroatoms. The minimum atomic E-state index is -0.463. The second kappa shape index (κ2) is 9.36. The number of ether oxygens (including phenoxy) is 1. The van der Waals surface area contributed by atoms with E-state index < -0.39 is 5.97 Å². The number of amides is 1. The molecule has 1 fully saturated rings. The third-order valence-electron chi connectivity index (χ3n) is 4.83. The van der Waals surface area contributed by atoms with Gasteiger partial charge in [0.1, 0.15) is 10.8 Å². The predicted octanol–water partition coefficient (Wildman–Crippen LogP) is 3.45. The maximum Gasteiger partial charge on any atom is 0.312 e. The third-order valence-corrected chi connectivity index (χ3v) is 6.45. The molecule has 1 aliphatic rings. The first kappa shape index (κ1) is 20.5. The number of thiazole rings is 1. The highest BCUT2D eigenvalue weighted by Gasteiger charge is 2.22. The van der Waals surface area contributed by atoms with Crippen LogP contribution >= 0.6 is 22.7 Å². The van der Waals surface area contributed by atoms with Gasteiger partial charge in [-0.1, -0.05) is 0 Å². The van der Waals surface area contributed by atoms with E-state index in [1.807, 2.05) is 22.2 Å². The topological polar surface area (TPSA) is 62.7 Å². The second-order valence-electron chi connectivity index (χ2n) is 6.84. The van der Waals surface area contributed by atoms with Gasteiger partial charge in [0.15, 0.2) is 6.61 Å². The van der Waals surface area contributed by atoms with Crippen LogP contribution in [-0.4, -0.2) is 54.5 Å². The third kappa shape index (κ3) is 5.03. The summed E-state index contributed by atoms with van der Waals surface area (Å²) in [5.74, 6) is -0.940. The van der Waals surface area contributed by atoms with E-state index in [0.29, 0.717) is 31.9 Å². The Morgan fingerprint density at radius 3 is 2.53 bits per heavy atom. The van der Waals surface area contributed by atoms with Crippen molar-refractivity contribution in [1.29, 1.82) is 0 Å². The maximum absolute atomic E-state index is 13.1. The number of thiophene rings is 1. The highest BCUT2D eigenvalue weighted by molar-refractivity contribution is 7.14. The van der Waals surface area contributed by atoms with E-state index in [1.165, 1.54) is 23.5 Å². The number of piperazine rings is 1. The summed E-state index contributed by atoms with van der Waals surface area (Å²) in [4.78, 5) is 32.7. The summed E-state index contributed by atoms with van der Waals surface area (Å²) >= 11 is 3.08. The van der Waals surface area contributed by atoms with Crippen LogP contribution in [0.3, 0.4) is 0 Å². The van der Waals surface area contributed by atoms with Gasteiger partial charge in [0.25, 0.3) is 5.91 Å². The number of carbonyl (C=O) groups is 2. The fourth-order valence-corrected chi connectivity index (χ4v) is 4.74. The van der Waals surface area contributed by atoms with Gasteiger partial charge in [0.05, 0.1) is 12.1 Å². The first-order valence-corrected chi connectivity index (χ1v) is 11.3. The van der Waals surface area contributed by atoms with Gasteiger partial charge in [0.2, 0.25) is 0 Å². The minimum absolute atomic E-state index is 0.0479. The van der Waals surface area contributed by atoms with E-state index in [1.54, 1.807) is 28.4 Å². The molecule has 0 unspecified atom stereocenters. The van der Waals surface area contributed by atoms with Crippen LogP contribution in [0.4, 0.5) is 10.1 Å². The highest BCUT2D eigenvalue weighted by Crippen LogP contribution is 2.26. The molecule has 3 heterocycles. The van der Waals surface area contributed by atoms with E-state index in [0.717, 1.165) is 16.3 Å². The normalized spacial score (nSPS) is 14.0. The maximum atomic E-state index is 13.1. The Hall–Kier alpha value is -2.78. The molecular weight excluding hydrogens is 425 g/mol. The summed E-state index contributed by atoms with van der Waals surface area (Å²) < 4.78 is 18.2. The Kier molecular flexibility index (Phi) is 6.39. The van der Waals surface area contributed by atoms with Gasteiger partial charge in [-0.25, -0.2) is 9.37 Å². The van der Waals surface area contributed by atoms with Gasteiger partial charge < -0.3 is 14.5 Å². The summed E-state index contributed by atoms with van der Waals surface area (Å²) in [6, 6.07) is 8.31. The highest BCUT2D eigenvalue weighted by atomic mass is 32.1. The lowest BCUT2D eigenvalue weighted by Crippen LogP contribution is -2.50. The molecule has 1 saturated heterocycles. The van der Waals surface area contributed by atoms with Crippen LogP contribution in [0.25, 0.3) is 10.6 Å². The number of nitrogens with zero attached hydrogens (tertiary/aromatic N) is 3. The van der Waals surface area contributed by atoms with Crippen LogP contribution in [0.1, 0.15) is 5.69 Å². The van der Waals surface area contributed by atoms with Gasteiger partial charge in [0, 0.05) is 48.2 Å². The van der Waals surface area contributed by atoms with Crippen molar-refractivity contribution in [1.82, 2.24) is 9.88 Å². The number of hydrogen-bond donors (Lipinski definition) is 0. The molecule has 0 bridgehead atoms. The fraction of sp³-hybridized carbons (Fsp3) is 0.286. The number of halogens is 1. The van der Waals surface area contributed by atoms with Crippen LogP contribution in [-0.2, 0) is 20.7 Å². The average molecular weight is 446 g/mol. The van der Waals surface area contributed by atoms with Gasteiger partial charge in [-0.15, -0.1) is 11.3 Å². The molecule has 0 aliphatic carbocycles. The van der Waals surface area contributed by atoms with Crippen LogP contribution in [0.5, 0.6) is 0 Å². The molecule has 0 N–H and O–H groups in total. The number of benzene rings is 1. The number of aromatic nitrogens is 1. The van der Waals surface area contributed by atoms with Crippen molar-refractivity contribution in [2.75, 3.05) is 37.7 Å². The summed E-state index contributed by atoms with van der Waals surface area (Å²) in [5.41, 5.74) is 2.62. The number of rotatable bonds is 6. The van der Waals surface area contributed by atoms with Crippen LogP contribution in [0, 0.1) is 5.82 Å².